The third kappa shape index (κ3) is 3.00. The quantitative estimate of drug-likeness (QED) is 0.782. The second kappa shape index (κ2) is 5.84. The third-order valence-corrected chi connectivity index (χ3v) is 3.19. The predicted octanol–water partition coefficient (Wildman–Crippen LogP) is 0.928. The Morgan fingerprint density at radius 2 is 2.06 bits per heavy atom. The molecule has 5 heteroatoms. The van der Waals surface area contributed by atoms with Crippen LogP contribution in [0.15, 0.2) is 24.3 Å². The highest BCUT2D eigenvalue weighted by atomic mass is 16.5. The molecule has 2 rings (SSSR count). The van der Waals surface area contributed by atoms with Crippen LogP contribution in [0.2, 0.25) is 0 Å². The molecule has 1 saturated heterocycles. The zero-order valence-corrected chi connectivity index (χ0v) is 10.6. The first-order valence-electron chi connectivity index (χ1n) is 6.15. The number of nitrogen functional groups attached to an aromatic ring is 1. The standard InChI is InChI=1S/C13H19N3O2/c1-10(16-6-8-18-9-7-16)13(17)15-12-5-3-2-4-11(12)14/h2-5,10H,6-9,14H2,1H3,(H,15,17). The molecule has 1 fully saturated rings. The van der Waals surface area contributed by atoms with E-state index < -0.39 is 0 Å². The molecule has 18 heavy (non-hydrogen) atoms. The van der Waals surface area contributed by atoms with Crippen LogP contribution in [0.4, 0.5) is 11.4 Å². The van der Waals surface area contributed by atoms with Gasteiger partial charge >= 0.3 is 0 Å². The summed E-state index contributed by atoms with van der Waals surface area (Å²) in [6.45, 7) is 4.85. The van der Waals surface area contributed by atoms with Crippen LogP contribution in [0.3, 0.4) is 0 Å². The summed E-state index contributed by atoms with van der Waals surface area (Å²) in [7, 11) is 0. The minimum Gasteiger partial charge on any atom is -0.397 e. The zero-order chi connectivity index (χ0) is 13.0. The van der Waals surface area contributed by atoms with Crippen LogP contribution in [-0.2, 0) is 9.53 Å². The van der Waals surface area contributed by atoms with E-state index in [4.69, 9.17) is 10.5 Å². The Kier molecular flexibility index (Phi) is 4.17. The molecule has 1 amide bonds. The van der Waals surface area contributed by atoms with Crippen molar-refractivity contribution >= 4 is 17.3 Å². The summed E-state index contributed by atoms with van der Waals surface area (Å²) in [5, 5.41) is 2.86. The van der Waals surface area contributed by atoms with Gasteiger partial charge in [0.25, 0.3) is 0 Å². The van der Waals surface area contributed by atoms with Crippen LogP contribution in [-0.4, -0.2) is 43.2 Å². The van der Waals surface area contributed by atoms with Crippen molar-refractivity contribution in [2.75, 3.05) is 37.4 Å². The summed E-state index contributed by atoms with van der Waals surface area (Å²) < 4.78 is 5.27. The van der Waals surface area contributed by atoms with Crippen molar-refractivity contribution in [3.05, 3.63) is 24.3 Å². The number of ether oxygens (including phenoxy) is 1. The molecular weight excluding hydrogens is 230 g/mol. The van der Waals surface area contributed by atoms with Gasteiger partial charge in [-0.2, -0.15) is 0 Å². The van der Waals surface area contributed by atoms with Crippen LogP contribution in [0.5, 0.6) is 0 Å². The minimum absolute atomic E-state index is 0.0326. The molecule has 1 aromatic carbocycles. The molecule has 3 N–H and O–H groups in total. The number of carbonyl (C=O) groups excluding carboxylic acids is 1. The van der Waals surface area contributed by atoms with E-state index in [1.54, 1.807) is 12.1 Å². The summed E-state index contributed by atoms with van der Waals surface area (Å²) >= 11 is 0. The third-order valence-electron chi connectivity index (χ3n) is 3.19. The van der Waals surface area contributed by atoms with Crippen molar-refractivity contribution in [1.82, 2.24) is 4.90 Å². The lowest BCUT2D eigenvalue weighted by Gasteiger charge is -2.31. The van der Waals surface area contributed by atoms with Gasteiger partial charge in [-0.05, 0) is 19.1 Å². The largest absolute Gasteiger partial charge is 0.397 e. The molecule has 0 saturated carbocycles. The molecule has 1 atom stereocenters. The number of amides is 1. The highest BCUT2D eigenvalue weighted by Crippen LogP contribution is 2.17. The van der Waals surface area contributed by atoms with Gasteiger partial charge in [-0.25, -0.2) is 0 Å². The lowest BCUT2D eigenvalue weighted by atomic mass is 10.2. The van der Waals surface area contributed by atoms with Crippen molar-refractivity contribution in [2.24, 2.45) is 0 Å². The zero-order valence-electron chi connectivity index (χ0n) is 10.6. The second-order valence-electron chi connectivity index (χ2n) is 4.40. The van der Waals surface area contributed by atoms with E-state index in [2.05, 4.69) is 10.2 Å². The molecule has 1 aromatic rings. The Hall–Kier alpha value is -1.59. The Labute approximate surface area is 107 Å². The van der Waals surface area contributed by atoms with Gasteiger partial charge in [-0.1, -0.05) is 12.1 Å². The number of hydrogen-bond acceptors (Lipinski definition) is 4. The van der Waals surface area contributed by atoms with Gasteiger partial charge < -0.3 is 15.8 Å². The van der Waals surface area contributed by atoms with Gasteiger partial charge in [0, 0.05) is 13.1 Å². The summed E-state index contributed by atoms with van der Waals surface area (Å²) in [4.78, 5) is 14.2. The van der Waals surface area contributed by atoms with E-state index in [9.17, 15) is 4.79 Å². The van der Waals surface area contributed by atoms with E-state index in [-0.39, 0.29) is 11.9 Å². The molecule has 0 spiro atoms. The molecule has 5 nitrogen and oxygen atoms in total. The smallest absolute Gasteiger partial charge is 0.241 e. The summed E-state index contributed by atoms with van der Waals surface area (Å²) in [5.74, 6) is -0.0326. The highest BCUT2D eigenvalue weighted by molar-refractivity contribution is 5.97. The van der Waals surface area contributed by atoms with Crippen LogP contribution in [0, 0.1) is 0 Å². The van der Waals surface area contributed by atoms with Gasteiger partial charge in [0.1, 0.15) is 0 Å². The lowest BCUT2D eigenvalue weighted by molar-refractivity contribution is -0.122. The van der Waals surface area contributed by atoms with Gasteiger partial charge in [-0.15, -0.1) is 0 Å². The molecule has 0 bridgehead atoms. The van der Waals surface area contributed by atoms with Crippen molar-refractivity contribution < 1.29 is 9.53 Å². The molecule has 98 valence electrons. The minimum atomic E-state index is -0.173. The average molecular weight is 249 g/mol. The van der Waals surface area contributed by atoms with Crippen molar-refractivity contribution in [1.29, 1.82) is 0 Å². The normalized spacial score (nSPS) is 18.3. The SMILES string of the molecule is CC(C(=O)Nc1ccccc1N)N1CCOCC1. The van der Waals surface area contributed by atoms with Gasteiger partial charge in [0.2, 0.25) is 5.91 Å². The number of nitrogens with two attached hydrogens (primary N) is 1. The number of morpholine rings is 1. The maximum absolute atomic E-state index is 12.1. The Morgan fingerprint density at radius 3 is 2.72 bits per heavy atom. The predicted molar refractivity (Wildman–Crippen MR) is 71.3 cm³/mol. The molecule has 0 radical (unpaired) electrons. The number of nitrogens with zero attached hydrogens (tertiary/aromatic N) is 1. The molecule has 0 aromatic heterocycles. The fourth-order valence-corrected chi connectivity index (χ4v) is 1.98. The Bertz CT molecular complexity index is 416. The molecule has 1 aliphatic rings. The van der Waals surface area contributed by atoms with Crippen LogP contribution < -0.4 is 11.1 Å². The first-order chi connectivity index (χ1) is 8.68. The van der Waals surface area contributed by atoms with Gasteiger partial charge in [-0.3, -0.25) is 9.69 Å². The second-order valence-corrected chi connectivity index (χ2v) is 4.40. The van der Waals surface area contributed by atoms with E-state index in [1.807, 2.05) is 19.1 Å². The van der Waals surface area contributed by atoms with E-state index in [1.165, 1.54) is 0 Å². The van der Waals surface area contributed by atoms with Gasteiger partial charge in [0.05, 0.1) is 30.6 Å². The van der Waals surface area contributed by atoms with Crippen molar-refractivity contribution in [3.8, 4) is 0 Å². The molecular formula is C13H19N3O2. The number of para-hydroxylation sites is 2. The number of carbonyl (C=O) groups is 1. The number of benzene rings is 1. The maximum Gasteiger partial charge on any atom is 0.241 e. The number of nitrogens with one attached hydrogen (secondary N) is 1. The first-order valence-corrected chi connectivity index (χ1v) is 6.15. The monoisotopic (exact) mass is 249 g/mol. The topological polar surface area (TPSA) is 67.6 Å². The van der Waals surface area contributed by atoms with E-state index in [0.717, 1.165) is 13.1 Å². The van der Waals surface area contributed by atoms with Crippen molar-refractivity contribution in [2.45, 2.75) is 13.0 Å². The fraction of sp³-hybridized carbons (Fsp3) is 0.462. The molecule has 1 unspecified atom stereocenters. The van der Waals surface area contributed by atoms with Crippen LogP contribution in [0.1, 0.15) is 6.92 Å². The van der Waals surface area contributed by atoms with E-state index in [0.29, 0.717) is 24.6 Å². The van der Waals surface area contributed by atoms with Crippen LogP contribution in [0.25, 0.3) is 0 Å². The maximum atomic E-state index is 12.1. The molecule has 0 aliphatic carbocycles. The van der Waals surface area contributed by atoms with Gasteiger partial charge in [0.15, 0.2) is 0 Å². The van der Waals surface area contributed by atoms with Crippen LogP contribution >= 0.6 is 0 Å². The number of hydrogen-bond donors (Lipinski definition) is 2. The average Bonchev–Trinajstić information content (AvgIpc) is 2.41. The lowest BCUT2D eigenvalue weighted by Crippen LogP contribution is -2.47. The first kappa shape index (κ1) is 12.9. The Morgan fingerprint density at radius 1 is 1.39 bits per heavy atom. The Balaban J connectivity index is 1.97. The molecule has 1 heterocycles. The highest BCUT2D eigenvalue weighted by Gasteiger charge is 2.23. The number of anilines is 2. The summed E-state index contributed by atoms with van der Waals surface area (Å²) in [6, 6.07) is 7.10. The molecule has 1 aliphatic heterocycles. The fourth-order valence-electron chi connectivity index (χ4n) is 1.98. The summed E-state index contributed by atoms with van der Waals surface area (Å²) in [5.41, 5.74) is 7.05. The number of rotatable bonds is 3. The van der Waals surface area contributed by atoms with E-state index >= 15 is 0 Å². The summed E-state index contributed by atoms with van der Waals surface area (Å²) in [6.07, 6.45) is 0. The van der Waals surface area contributed by atoms with Crippen molar-refractivity contribution in [3.63, 3.8) is 0 Å².